The molecule has 0 spiro atoms. The number of alkyl halides is 6. The molecule has 4 heterocycles. The van der Waals surface area contributed by atoms with E-state index in [9.17, 15) is 43.2 Å². The fraction of sp³-hybridized carbons (Fsp3) is 0.717. The molecule has 2 fully saturated rings. The topological polar surface area (TPSA) is 310 Å². The van der Waals surface area contributed by atoms with Gasteiger partial charge in [-0.15, -0.1) is 0 Å². The number of carbonyl (C=O) groups is 9. The van der Waals surface area contributed by atoms with Gasteiger partial charge in [-0.3, -0.25) is 57.7 Å². The van der Waals surface area contributed by atoms with Crippen LogP contribution in [-0.2, 0) is 75.1 Å². The summed E-state index contributed by atoms with van der Waals surface area (Å²) in [4.78, 5) is 112. The number of hydrogen-bond acceptors (Lipinski definition) is 18. The van der Waals surface area contributed by atoms with Gasteiger partial charge in [-0.2, -0.15) is 10.2 Å². The summed E-state index contributed by atoms with van der Waals surface area (Å²) in [5.74, 6) is -6.29. The molecule has 4 amide bonds. The van der Waals surface area contributed by atoms with Crippen LogP contribution in [0.2, 0.25) is 0 Å². The Balaban J connectivity index is 0.000000469. The zero-order valence-corrected chi connectivity index (χ0v) is 54.2. The van der Waals surface area contributed by atoms with Crippen molar-refractivity contribution in [2.75, 3.05) is 26.3 Å². The second-order valence-electron chi connectivity index (χ2n) is 23.4. The van der Waals surface area contributed by atoms with Crippen LogP contribution < -0.4 is 21.5 Å². The number of nitrogens with zero attached hydrogens (tertiary/aromatic N) is 6. The van der Waals surface area contributed by atoms with Crippen LogP contribution in [-0.4, -0.2) is 163 Å². The predicted octanol–water partition coefficient (Wildman–Crippen LogP) is 7.04. The Morgan fingerprint density at radius 3 is 1.27 bits per heavy atom. The summed E-state index contributed by atoms with van der Waals surface area (Å²) in [7, 11) is 0. The summed E-state index contributed by atoms with van der Waals surface area (Å²) in [6, 6.07) is -0.263. The summed E-state index contributed by atoms with van der Waals surface area (Å²) in [5, 5.41) is 25.0. The van der Waals surface area contributed by atoms with Crippen molar-refractivity contribution in [3.63, 3.8) is 0 Å². The van der Waals surface area contributed by atoms with Crippen molar-refractivity contribution in [1.82, 2.24) is 51.1 Å². The van der Waals surface area contributed by atoms with Gasteiger partial charge in [-0.05, 0) is 112 Å². The smallest absolute Gasteiger partial charge is 0.408 e. The molecule has 31 heteroatoms. The molecule has 476 valence electrons. The Morgan fingerprint density at radius 1 is 0.583 bits per heavy atom. The number of ether oxygens (including phenoxy) is 5. The lowest BCUT2D eigenvalue weighted by molar-refractivity contribution is -0.160. The fourth-order valence-electron chi connectivity index (χ4n) is 7.77. The minimum absolute atomic E-state index is 0.0371. The van der Waals surface area contributed by atoms with E-state index in [0.717, 1.165) is 0 Å². The number of aliphatic carboxylic acids is 1. The zero-order chi connectivity index (χ0) is 64.1. The first-order valence-electron chi connectivity index (χ1n) is 27.1. The molecular weight excluding hydrogens is 1230 g/mol. The molecule has 2 aliphatic heterocycles. The molecule has 0 bridgehead atoms. The summed E-state index contributed by atoms with van der Waals surface area (Å²) >= 11 is 33.8. The van der Waals surface area contributed by atoms with E-state index in [1.165, 1.54) is 19.4 Å². The Morgan fingerprint density at radius 2 is 0.952 bits per heavy atom. The lowest BCUT2D eigenvalue weighted by atomic mass is 9.91. The minimum atomic E-state index is -1.76. The lowest BCUT2D eigenvalue weighted by Gasteiger charge is -2.35. The van der Waals surface area contributed by atoms with E-state index < -0.39 is 127 Å². The Hall–Kier alpha value is -4.89. The van der Waals surface area contributed by atoms with Gasteiger partial charge in [0.05, 0.1) is 37.8 Å². The number of hydrogen-bond donors (Lipinski definition) is 5. The van der Waals surface area contributed by atoms with Gasteiger partial charge in [-0.25, -0.2) is 15.6 Å². The van der Waals surface area contributed by atoms with Crippen LogP contribution >= 0.6 is 69.6 Å². The Labute approximate surface area is 520 Å². The maximum atomic E-state index is 13.5. The SMILES string of the molecule is CC(C)(C)OC(=O)NC(Cn1cccn1)C(=O)N1CCC[C@@H](C(=O)OCC(Cl)(Cl)Cl)N1.CC(C)[C@H](CC(=O)OC(C)(C)C)C(=O)NC(Cn1cccn1)C(=O)N1CCC[C@@H](C(=O)OCC(Cl)(Cl)Cl)N1.CC(C)[C@H](CC(=O)OC(C)(C)C)C(=O)O. The number of carboxylic acids is 1. The Bertz CT molecular complexity index is 2460. The summed E-state index contributed by atoms with van der Waals surface area (Å²) < 4.78 is 25.3. The molecule has 2 unspecified atom stereocenters. The number of rotatable bonds is 20. The van der Waals surface area contributed by atoms with E-state index in [4.69, 9.17) is 98.4 Å². The number of alkyl carbamates (subject to hydrolysis) is 1. The van der Waals surface area contributed by atoms with Crippen LogP contribution in [0.5, 0.6) is 0 Å². The van der Waals surface area contributed by atoms with Crippen LogP contribution in [0.3, 0.4) is 0 Å². The number of esters is 4. The van der Waals surface area contributed by atoms with Crippen molar-refractivity contribution in [1.29, 1.82) is 0 Å². The molecule has 0 saturated carbocycles. The molecule has 5 N–H and O–H groups in total. The number of hydrazine groups is 2. The van der Waals surface area contributed by atoms with Gasteiger partial charge in [-0.1, -0.05) is 97.3 Å². The molecule has 2 aliphatic rings. The van der Waals surface area contributed by atoms with Crippen molar-refractivity contribution in [3.05, 3.63) is 36.9 Å². The third kappa shape index (κ3) is 31.0. The van der Waals surface area contributed by atoms with Gasteiger partial charge in [0.25, 0.3) is 11.8 Å². The van der Waals surface area contributed by atoms with Crippen molar-refractivity contribution < 1.29 is 71.9 Å². The fourth-order valence-corrected chi connectivity index (χ4v) is 8.10. The molecule has 4 rings (SSSR count). The van der Waals surface area contributed by atoms with Crippen molar-refractivity contribution in [3.8, 4) is 0 Å². The highest BCUT2D eigenvalue weighted by molar-refractivity contribution is 6.68. The largest absolute Gasteiger partial charge is 0.481 e. The molecule has 2 aromatic rings. The van der Waals surface area contributed by atoms with Crippen molar-refractivity contribution in [2.24, 2.45) is 23.7 Å². The third-order valence-corrected chi connectivity index (χ3v) is 12.2. The molecule has 0 radical (unpaired) electrons. The molecule has 25 nitrogen and oxygen atoms in total. The highest BCUT2D eigenvalue weighted by atomic mass is 35.6. The zero-order valence-electron chi connectivity index (χ0n) is 49.7. The highest BCUT2D eigenvalue weighted by Crippen LogP contribution is 2.28. The first-order valence-corrected chi connectivity index (χ1v) is 29.3. The van der Waals surface area contributed by atoms with E-state index in [2.05, 4.69) is 31.7 Å². The number of amides is 4. The maximum Gasteiger partial charge on any atom is 0.408 e. The molecule has 84 heavy (non-hydrogen) atoms. The van der Waals surface area contributed by atoms with E-state index in [0.29, 0.717) is 38.8 Å². The summed E-state index contributed by atoms with van der Waals surface area (Å²) in [5.41, 5.74) is 3.71. The first kappa shape index (κ1) is 75.2. The molecule has 2 aromatic heterocycles. The number of carbonyl (C=O) groups excluding carboxylic acids is 8. The minimum Gasteiger partial charge on any atom is -0.481 e. The van der Waals surface area contributed by atoms with Crippen LogP contribution in [0.25, 0.3) is 0 Å². The van der Waals surface area contributed by atoms with Gasteiger partial charge < -0.3 is 39.4 Å². The van der Waals surface area contributed by atoms with Crippen molar-refractivity contribution >= 4 is 123 Å². The number of carboxylic acid groups (broad SMARTS) is 1. The van der Waals surface area contributed by atoms with Gasteiger partial charge in [0.15, 0.2) is 0 Å². The molecular formula is C53H82Cl6N10O15. The summed E-state index contributed by atoms with van der Waals surface area (Å²) in [6.07, 6.45) is 7.38. The second-order valence-corrected chi connectivity index (χ2v) is 28.4. The Kier molecular flexibility index (Phi) is 30.3. The van der Waals surface area contributed by atoms with Crippen LogP contribution in [0.4, 0.5) is 4.79 Å². The molecule has 0 aliphatic carbocycles. The van der Waals surface area contributed by atoms with Gasteiger partial charge >= 0.3 is 35.9 Å². The van der Waals surface area contributed by atoms with E-state index >= 15 is 0 Å². The maximum absolute atomic E-state index is 13.5. The van der Waals surface area contributed by atoms with E-state index in [-0.39, 0.29) is 37.8 Å². The monoisotopic (exact) mass is 1310 g/mol. The average Bonchev–Trinajstić information content (AvgIpc) is 4.13. The number of aromatic nitrogens is 4. The van der Waals surface area contributed by atoms with Gasteiger partial charge in [0.2, 0.25) is 13.5 Å². The lowest BCUT2D eigenvalue weighted by Crippen LogP contribution is -2.61. The van der Waals surface area contributed by atoms with Crippen LogP contribution in [0.15, 0.2) is 36.9 Å². The van der Waals surface area contributed by atoms with Crippen LogP contribution in [0.1, 0.15) is 129 Å². The quantitative estimate of drug-likeness (QED) is 0.0504. The standard InChI is InChI=1S/C24H36Cl3N5O6.C18H26Cl3N5O5.C11H20O4/c1-15(2)16(12-19(33)38-23(3,4)5)20(34)29-18(13-31-10-7-9-28-31)21(35)32-11-6-8-17(30-32)22(36)37-14-24(25,26)27;1-17(2,3)31-16(29)23-13(10-25-8-5-7-22-25)14(27)26-9-4-6-12(24-26)15(28)30-11-18(19,20)21;1-7(2)8(10(13)14)6-9(12)15-11(3,4)5/h7,9-10,15-18,30H,6,8,11-14H2,1-5H3,(H,29,34);5,7-8,12-13,24H,4,6,9-11H2,1-3H3,(H,23,29);7-8H,6H2,1-5H3,(H,13,14)/t16-,17-,18?;12-,13?;8-/m000/s1. The molecule has 6 atom stereocenters. The van der Waals surface area contributed by atoms with E-state index in [1.807, 2.05) is 13.8 Å². The third-order valence-electron chi connectivity index (χ3n) is 11.6. The molecule has 0 aromatic carbocycles. The van der Waals surface area contributed by atoms with E-state index in [1.54, 1.807) is 113 Å². The van der Waals surface area contributed by atoms with Crippen LogP contribution in [0, 0.1) is 23.7 Å². The second kappa shape index (κ2) is 33.9. The first-order chi connectivity index (χ1) is 38.5. The molecule has 2 saturated heterocycles. The highest BCUT2D eigenvalue weighted by Gasteiger charge is 2.38. The predicted molar refractivity (Wildman–Crippen MR) is 313 cm³/mol. The summed E-state index contributed by atoms with van der Waals surface area (Å²) in [6.45, 7) is 22.8. The van der Waals surface area contributed by atoms with Gasteiger partial charge in [0.1, 0.15) is 54.2 Å². The average molecular weight is 1310 g/mol. The van der Waals surface area contributed by atoms with Crippen molar-refractivity contribution in [2.45, 2.75) is 190 Å². The normalized spacial score (nSPS) is 17.3. The van der Waals surface area contributed by atoms with Gasteiger partial charge in [0, 0.05) is 37.9 Å². The number of halogens is 6. The number of nitrogens with one attached hydrogen (secondary N) is 4.